The first-order valence-corrected chi connectivity index (χ1v) is 8.58. The van der Waals surface area contributed by atoms with E-state index in [0.717, 1.165) is 22.5 Å². The molecule has 28 heavy (non-hydrogen) atoms. The van der Waals surface area contributed by atoms with Gasteiger partial charge in [-0.15, -0.1) is 0 Å². The first-order chi connectivity index (χ1) is 13.4. The van der Waals surface area contributed by atoms with Crippen molar-refractivity contribution in [3.05, 3.63) is 72.1 Å². The van der Waals surface area contributed by atoms with Gasteiger partial charge in [0.2, 0.25) is 0 Å². The molecule has 2 amide bonds. The summed E-state index contributed by atoms with van der Waals surface area (Å²) in [5.41, 5.74) is 4.72. The quantitative estimate of drug-likeness (QED) is 0.602. The molecule has 0 aliphatic heterocycles. The van der Waals surface area contributed by atoms with Gasteiger partial charge in [0.1, 0.15) is 5.75 Å². The zero-order chi connectivity index (χ0) is 20.1. The van der Waals surface area contributed by atoms with E-state index in [1.54, 1.807) is 12.1 Å². The summed E-state index contributed by atoms with van der Waals surface area (Å²) in [7, 11) is 0. The van der Waals surface area contributed by atoms with E-state index < -0.39 is 12.6 Å². The highest BCUT2D eigenvalue weighted by atomic mass is 19.3. The molecule has 7 heteroatoms. The summed E-state index contributed by atoms with van der Waals surface area (Å²) >= 11 is 0. The van der Waals surface area contributed by atoms with Gasteiger partial charge in [-0.25, -0.2) is 4.79 Å². The van der Waals surface area contributed by atoms with Crippen molar-refractivity contribution in [2.45, 2.75) is 20.5 Å². The van der Waals surface area contributed by atoms with Crippen LogP contribution in [0.2, 0.25) is 0 Å². The largest absolute Gasteiger partial charge is 0.435 e. The van der Waals surface area contributed by atoms with Crippen molar-refractivity contribution in [2.24, 2.45) is 0 Å². The summed E-state index contributed by atoms with van der Waals surface area (Å²) in [4.78, 5) is 16.6. The summed E-state index contributed by atoms with van der Waals surface area (Å²) < 4.78 is 28.9. The fraction of sp³-hybridized carbons (Fsp3) is 0.143. The second kappa shape index (κ2) is 8.47. The number of urea groups is 1. The molecular weight excluding hydrogens is 364 g/mol. The lowest BCUT2D eigenvalue weighted by Gasteiger charge is -2.11. The van der Waals surface area contributed by atoms with Crippen LogP contribution in [-0.4, -0.2) is 17.6 Å². The molecule has 0 radical (unpaired) electrons. The Kier molecular flexibility index (Phi) is 5.84. The molecule has 0 bridgehead atoms. The molecular formula is C21H19F2N3O2. The molecule has 0 spiro atoms. The van der Waals surface area contributed by atoms with E-state index in [0.29, 0.717) is 11.4 Å². The smallest absolute Gasteiger partial charge is 0.387 e. The van der Waals surface area contributed by atoms with Crippen molar-refractivity contribution in [2.75, 3.05) is 10.6 Å². The van der Waals surface area contributed by atoms with Gasteiger partial charge in [-0.05, 0) is 61.4 Å². The molecule has 0 fully saturated rings. The van der Waals surface area contributed by atoms with Crippen LogP contribution in [0, 0.1) is 13.8 Å². The molecule has 2 aromatic carbocycles. The number of ether oxygens (including phenoxy) is 1. The molecule has 0 unspecified atom stereocenters. The topological polar surface area (TPSA) is 63.2 Å². The number of pyridine rings is 1. The Balaban J connectivity index is 1.71. The first-order valence-electron chi connectivity index (χ1n) is 8.58. The van der Waals surface area contributed by atoms with Crippen LogP contribution in [0.3, 0.4) is 0 Å². The van der Waals surface area contributed by atoms with Crippen LogP contribution in [-0.2, 0) is 0 Å². The number of alkyl halides is 2. The van der Waals surface area contributed by atoms with E-state index in [4.69, 9.17) is 0 Å². The number of hydrogen-bond donors (Lipinski definition) is 2. The summed E-state index contributed by atoms with van der Waals surface area (Å²) in [6.07, 6.45) is 0. The van der Waals surface area contributed by atoms with Gasteiger partial charge in [0.15, 0.2) is 0 Å². The predicted molar refractivity (Wildman–Crippen MR) is 105 cm³/mol. The molecule has 3 aromatic rings. The van der Waals surface area contributed by atoms with Crippen LogP contribution in [0.1, 0.15) is 11.4 Å². The minimum Gasteiger partial charge on any atom is -0.435 e. The number of benzene rings is 2. The fourth-order valence-corrected chi connectivity index (χ4v) is 2.82. The number of amides is 2. The van der Waals surface area contributed by atoms with E-state index in [1.165, 1.54) is 18.2 Å². The first kappa shape index (κ1) is 19.3. The van der Waals surface area contributed by atoms with Gasteiger partial charge in [0.05, 0.1) is 0 Å². The van der Waals surface area contributed by atoms with Crippen LogP contribution < -0.4 is 15.4 Å². The van der Waals surface area contributed by atoms with E-state index in [2.05, 4.69) is 20.4 Å². The lowest BCUT2D eigenvalue weighted by molar-refractivity contribution is -0.0497. The highest BCUT2D eigenvalue weighted by Crippen LogP contribution is 2.24. The van der Waals surface area contributed by atoms with Crippen LogP contribution >= 0.6 is 0 Å². The third kappa shape index (κ3) is 5.26. The molecule has 0 saturated heterocycles. The standard InChI is InChI=1S/C21H19F2N3O2/c1-13-9-16(10-14(2)24-13)15-5-3-6-17(11-15)25-21(27)26-18-7-4-8-19(12-18)28-20(22)23/h3-12,20H,1-2H3,(H2,25,26,27). The SMILES string of the molecule is Cc1cc(-c2cccc(NC(=O)Nc3cccc(OC(F)F)c3)c2)cc(C)n1. The zero-order valence-electron chi connectivity index (χ0n) is 15.4. The van der Waals surface area contributed by atoms with Crippen LogP contribution in [0.25, 0.3) is 11.1 Å². The number of aromatic nitrogens is 1. The third-order valence-electron chi connectivity index (χ3n) is 3.85. The number of halogens is 2. The molecule has 0 atom stereocenters. The minimum atomic E-state index is -2.92. The lowest BCUT2D eigenvalue weighted by atomic mass is 10.0. The van der Waals surface area contributed by atoms with Gasteiger partial charge in [-0.2, -0.15) is 8.78 Å². The average Bonchev–Trinajstić information content (AvgIpc) is 2.60. The van der Waals surface area contributed by atoms with E-state index in [-0.39, 0.29) is 5.75 Å². The van der Waals surface area contributed by atoms with Gasteiger partial charge in [0, 0.05) is 28.8 Å². The second-order valence-corrected chi connectivity index (χ2v) is 6.20. The van der Waals surface area contributed by atoms with Gasteiger partial charge < -0.3 is 15.4 Å². The Morgan fingerprint density at radius 2 is 1.50 bits per heavy atom. The van der Waals surface area contributed by atoms with Crippen LogP contribution in [0.5, 0.6) is 5.75 Å². The molecule has 1 heterocycles. The molecule has 144 valence electrons. The zero-order valence-corrected chi connectivity index (χ0v) is 15.4. The van der Waals surface area contributed by atoms with Gasteiger partial charge in [-0.3, -0.25) is 4.98 Å². The lowest BCUT2D eigenvalue weighted by Crippen LogP contribution is -2.19. The monoisotopic (exact) mass is 383 g/mol. The van der Waals surface area contributed by atoms with Crippen molar-refractivity contribution < 1.29 is 18.3 Å². The van der Waals surface area contributed by atoms with Gasteiger partial charge in [0.25, 0.3) is 0 Å². The normalized spacial score (nSPS) is 10.6. The summed E-state index contributed by atoms with van der Waals surface area (Å²) in [6, 6.07) is 16.7. The number of carbonyl (C=O) groups excluding carboxylic acids is 1. The molecule has 2 N–H and O–H groups in total. The van der Waals surface area contributed by atoms with Crippen molar-refractivity contribution in [3.63, 3.8) is 0 Å². The second-order valence-electron chi connectivity index (χ2n) is 6.20. The maximum atomic E-state index is 12.3. The highest BCUT2D eigenvalue weighted by molar-refractivity contribution is 6.00. The number of nitrogens with zero attached hydrogens (tertiary/aromatic N) is 1. The van der Waals surface area contributed by atoms with Crippen LogP contribution in [0.4, 0.5) is 25.0 Å². The summed E-state index contributed by atoms with van der Waals surface area (Å²) in [5.74, 6) is -0.0294. The number of anilines is 2. The Hall–Kier alpha value is -3.48. The summed E-state index contributed by atoms with van der Waals surface area (Å²) in [5, 5.41) is 5.33. The highest BCUT2D eigenvalue weighted by Gasteiger charge is 2.08. The number of aryl methyl sites for hydroxylation is 2. The Labute approximate surface area is 161 Å². The van der Waals surface area contributed by atoms with E-state index in [1.807, 2.05) is 44.2 Å². The van der Waals surface area contributed by atoms with Gasteiger partial charge in [-0.1, -0.05) is 18.2 Å². The van der Waals surface area contributed by atoms with E-state index in [9.17, 15) is 13.6 Å². The molecule has 0 saturated carbocycles. The number of rotatable bonds is 5. The third-order valence-corrected chi connectivity index (χ3v) is 3.85. The van der Waals surface area contributed by atoms with Crippen LogP contribution in [0.15, 0.2) is 60.7 Å². The van der Waals surface area contributed by atoms with Crippen molar-refractivity contribution in [1.29, 1.82) is 0 Å². The minimum absolute atomic E-state index is 0.0294. The van der Waals surface area contributed by atoms with E-state index >= 15 is 0 Å². The molecule has 0 aliphatic carbocycles. The Morgan fingerprint density at radius 3 is 2.14 bits per heavy atom. The number of nitrogens with one attached hydrogen (secondary N) is 2. The van der Waals surface area contributed by atoms with Crippen molar-refractivity contribution >= 4 is 17.4 Å². The predicted octanol–water partition coefficient (Wildman–Crippen LogP) is 5.61. The average molecular weight is 383 g/mol. The Morgan fingerprint density at radius 1 is 0.893 bits per heavy atom. The van der Waals surface area contributed by atoms with Gasteiger partial charge >= 0.3 is 12.6 Å². The molecule has 3 rings (SSSR count). The Bertz CT molecular complexity index is 973. The molecule has 1 aromatic heterocycles. The maximum Gasteiger partial charge on any atom is 0.387 e. The van der Waals surface area contributed by atoms with Crippen molar-refractivity contribution in [1.82, 2.24) is 4.98 Å². The fourth-order valence-electron chi connectivity index (χ4n) is 2.82. The number of hydrogen-bond acceptors (Lipinski definition) is 3. The summed E-state index contributed by atoms with van der Waals surface area (Å²) in [6.45, 7) is 0.933. The maximum absolute atomic E-state index is 12.3. The molecule has 0 aliphatic rings. The molecule has 5 nitrogen and oxygen atoms in total. The van der Waals surface area contributed by atoms with Crippen molar-refractivity contribution in [3.8, 4) is 16.9 Å². The number of carbonyl (C=O) groups is 1.